The SMILES string of the molecule is CN=C1CC(n2c3c(c4c2-c2sc5ccccc5c2CC4)CCC=C3)=CC=C1Nc1c(-c2ccccc2C)ccc2c1sc1ccccc12. The molecule has 49 heavy (non-hydrogen) atoms. The van der Waals surface area contributed by atoms with Gasteiger partial charge >= 0.3 is 0 Å². The van der Waals surface area contributed by atoms with Crippen LogP contribution in [0.1, 0.15) is 40.8 Å². The number of aryl methyl sites for hydroxylation is 2. The third-order valence-electron chi connectivity index (χ3n) is 10.7. The lowest BCUT2D eigenvalue weighted by Crippen LogP contribution is -2.18. The van der Waals surface area contributed by atoms with E-state index in [1.54, 1.807) is 11.1 Å². The molecule has 3 aliphatic rings. The van der Waals surface area contributed by atoms with E-state index < -0.39 is 0 Å². The van der Waals surface area contributed by atoms with Crippen LogP contribution < -0.4 is 5.32 Å². The van der Waals surface area contributed by atoms with Crippen molar-refractivity contribution in [2.45, 2.75) is 39.0 Å². The molecule has 3 heterocycles. The molecule has 1 N–H and O–H groups in total. The molecule has 0 aliphatic heterocycles. The second kappa shape index (κ2) is 11.3. The molecular weight excluding hydrogens is 635 g/mol. The van der Waals surface area contributed by atoms with Gasteiger partial charge in [-0.3, -0.25) is 4.99 Å². The fourth-order valence-corrected chi connectivity index (χ4v) is 10.9. The Hall–Kier alpha value is -4.97. The average molecular weight is 670 g/mol. The van der Waals surface area contributed by atoms with Crippen LogP contribution in [-0.2, 0) is 19.3 Å². The van der Waals surface area contributed by atoms with Crippen molar-refractivity contribution in [3.05, 3.63) is 137 Å². The van der Waals surface area contributed by atoms with Crippen molar-refractivity contribution in [1.29, 1.82) is 0 Å². The van der Waals surface area contributed by atoms with Crippen molar-refractivity contribution in [1.82, 2.24) is 4.57 Å². The molecule has 0 saturated carbocycles. The summed E-state index contributed by atoms with van der Waals surface area (Å²) in [6, 6.07) is 31.0. The number of allylic oxidation sites excluding steroid dienone is 5. The summed E-state index contributed by atoms with van der Waals surface area (Å²) in [7, 11) is 1.95. The second-order valence-corrected chi connectivity index (χ2v) is 15.5. The lowest BCUT2D eigenvalue weighted by atomic mass is 9.89. The third-order valence-corrected chi connectivity index (χ3v) is 13.1. The van der Waals surface area contributed by atoms with Gasteiger partial charge in [-0.1, -0.05) is 78.9 Å². The Morgan fingerprint density at radius 1 is 0.714 bits per heavy atom. The number of aromatic nitrogens is 1. The first kappa shape index (κ1) is 29.0. The quantitative estimate of drug-likeness (QED) is 0.199. The van der Waals surface area contributed by atoms with Gasteiger partial charge in [0.2, 0.25) is 0 Å². The Balaban J connectivity index is 1.14. The van der Waals surface area contributed by atoms with Crippen LogP contribution in [0.2, 0.25) is 0 Å². The van der Waals surface area contributed by atoms with Crippen molar-refractivity contribution in [2.75, 3.05) is 12.4 Å². The van der Waals surface area contributed by atoms with Crippen LogP contribution in [0, 0.1) is 6.92 Å². The normalized spacial score (nSPS) is 16.2. The molecule has 10 rings (SSSR count). The summed E-state index contributed by atoms with van der Waals surface area (Å²) in [4.78, 5) is 6.40. The number of hydrogen-bond donors (Lipinski definition) is 1. The zero-order chi connectivity index (χ0) is 32.6. The Labute approximate surface area is 294 Å². The maximum absolute atomic E-state index is 4.95. The summed E-state index contributed by atoms with van der Waals surface area (Å²) in [5, 5.41) is 8.00. The highest BCUT2D eigenvalue weighted by Gasteiger charge is 2.32. The zero-order valence-corrected chi connectivity index (χ0v) is 29.3. The van der Waals surface area contributed by atoms with E-state index in [4.69, 9.17) is 4.99 Å². The molecule has 0 radical (unpaired) electrons. The van der Waals surface area contributed by atoms with Gasteiger partial charge in [-0.05, 0) is 96.2 Å². The summed E-state index contributed by atoms with van der Waals surface area (Å²) in [5.41, 5.74) is 15.7. The fraction of sp³-hybridized carbons (Fsp3) is 0.159. The van der Waals surface area contributed by atoms with Crippen molar-refractivity contribution >= 4 is 76.1 Å². The molecule has 5 heteroatoms. The van der Waals surface area contributed by atoms with E-state index in [9.17, 15) is 0 Å². The second-order valence-electron chi connectivity index (χ2n) is 13.4. The van der Waals surface area contributed by atoms with Crippen molar-refractivity contribution in [3.8, 4) is 21.7 Å². The Morgan fingerprint density at radius 2 is 1.49 bits per heavy atom. The Bertz CT molecular complexity index is 2630. The number of fused-ring (bicyclic) bond motifs is 10. The minimum absolute atomic E-state index is 0.763. The number of benzene rings is 4. The molecule has 0 saturated heterocycles. The van der Waals surface area contributed by atoms with Gasteiger partial charge in [0.15, 0.2) is 0 Å². The Morgan fingerprint density at radius 3 is 2.35 bits per heavy atom. The van der Waals surface area contributed by atoms with Crippen LogP contribution in [0.15, 0.2) is 114 Å². The molecule has 7 aromatic rings. The first-order valence-electron chi connectivity index (χ1n) is 17.3. The van der Waals surface area contributed by atoms with Gasteiger partial charge in [0, 0.05) is 50.6 Å². The topological polar surface area (TPSA) is 29.3 Å². The third kappa shape index (κ3) is 4.42. The van der Waals surface area contributed by atoms with Crippen molar-refractivity contribution in [3.63, 3.8) is 0 Å². The number of nitrogens with zero attached hydrogens (tertiary/aromatic N) is 2. The van der Waals surface area contributed by atoms with E-state index in [-0.39, 0.29) is 0 Å². The van der Waals surface area contributed by atoms with Crippen molar-refractivity contribution < 1.29 is 0 Å². The number of anilines is 1. The number of aliphatic imine (C=N–C) groups is 1. The van der Waals surface area contributed by atoms with Gasteiger partial charge in [0.1, 0.15) is 0 Å². The van der Waals surface area contributed by atoms with Crippen LogP contribution in [0.4, 0.5) is 5.69 Å². The molecule has 3 aliphatic carbocycles. The van der Waals surface area contributed by atoms with Crippen LogP contribution in [-0.4, -0.2) is 17.3 Å². The number of thiophene rings is 2. The lowest BCUT2D eigenvalue weighted by molar-refractivity contribution is 0.909. The number of nitrogens with one attached hydrogen (secondary N) is 1. The monoisotopic (exact) mass is 669 g/mol. The summed E-state index contributed by atoms with van der Waals surface area (Å²) in [6.45, 7) is 2.21. The van der Waals surface area contributed by atoms with E-state index in [1.165, 1.54) is 74.5 Å². The largest absolute Gasteiger partial charge is 0.352 e. The van der Waals surface area contributed by atoms with E-state index in [2.05, 4.69) is 126 Å². The molecule has 238 valence electrons. The Kier molecular flexibility index (Phi) is 6.68. The standard InChI is InChI=1S/C44H35N3S2/c1-26-11-3-4-12-28(26)32-20-22-34-30-14-6-9-17-39(30)48-43(34)41(32)46-36-24-19-27(25-37(36)45-2)47-38-16-8-5-13-29(38)33-21-23-35-31-15-7-10-18-40(31)49-44(35)42(33)47/h3-4,6-12,14-20,22,24,46H,5,13,21,23,25H2,1-2H3. The first-order valence-corrected chi connectivity index (χ1v) is 18.9. The highest BCUT2D eigenvalue weighted by molar-refractivity contribution is 7.26. The minimum atomic E-state index is 0.763. The number of hydrogen-bond acceptors (Lipinski definition) is 4. The number of rotatable bonds is 4. The smallest absolute Gasteiger partial charge is 0.0669 e. The molecule has 3 aromatic heterocycles. The minimum Gasteiger partial charge on any atom is -0.352 e. The van der Waals surface area contributed by atoms with E-state index >= 15 is 0 Å². The predicted octanol–water partition coefficient (Wildman–Crippen LogP) is 12.1. The fourth-order valence-electron chi connectivity index (χ4n) is 8.37. The zero-order valence-electron chi connectivity index (χ0n) is 27.6. The van der Waals surface area contributed by atoms with Crippen molar-refractivity contribution in [2.24, 2.45) is 4.99 Å². The van der Waals surface area contributed by atoms with Gasteiger partial charge in [0.05, 0.1) is 32.4 Å². The van der Waals surface area contributed by atoms with E-state index in [0.717, 1.165) is 49.2 Å². The van der Waals surface area contributed by atoms with Crippen LogP contribution in [0.5, 0.6) is 0 Å². The molecular formula is C44H35N3S2. The molecule has 0 spiro atoms. The summed E-state index contributed by atoms with van der Waals surface area (Å²) in [6.07, 6.45) is 14.6. The highest BCUT2D eigenvalue weighted by Crippen LogP contribution is 2.50. The predicted molar refractivity (Wildman–Crippen MR) is 213 cm³/mol. The molecule has 0 fully saturated rings. The van der Waals surface area contributed by atoms with Gasteiger partial charge in [-0.15, -0.1) is 22.7 Å². The summed E-state index contributed by atoms with van der Waals surface area (Å²) in [5.74, 6) is 0. The summed E-state index contributed by atoms with van der Waals surface area (Å²) < 4.78 is 6.57. The molecule has 0 amide bonds. The maximum atomic E-state index is 4.95. The molecule has 0 bridgehead atoms. The van der Waals surface area contributed by atoms with Gasteiger partial charge in [0.25, 0.3) is 0 Å². The van der Waals surface area contributed by atoms with E-state index in [0.29, 0.717) is 0 Å². The molecule has 0 atom stereocenters. The van der Waals surface area contributed by atoms with Gasteiger partial charge in [-0.25, -0.2) is 0 Å². The van der Waals surface area contributed by atoms with Gasteiger partial charge < -0.3 is 9.88 Å². The average Bonchev–Trinajstić information content (AvgIpc) is 3.82. The van der Waals surface area contributed by atoms with Gasteiger partial charge in [-0.2, -0.15) is 0 Å². The van der Waals surface area contributed by atoms with E-state index in [1.807, 2.05) is 29.7 Å². The van der Waals surface area contributed by atoms with Crippen LogP contribution >= 0.6 is 22.7 Å². The highest BCUT2D eigenvalue weighted by atomic mass is 32.1. The molecule has 0 unspecified atom stereocenters. The molecule has 4 aromatic carbocycles. The maximum Gasteiger partial charge on any atom is 0.0669 e. The van der Waals surface area contributed by atoms with Crippen LogP contribution in [0.3, 0.4) is 0 Å². The first-order chi connectivity index (χ1) is 24.2. The lowest BCUT2D eigenvalue weighted by Gasteiger charge is -2.25. The summed E-state index contributed by atoms with van der Waals surface area (Å²) >= 11 is 3.84. The molecule has 3 nitrogen and oxygen atoms in total. The van der Waals surface area contributed by atoms with Crippen LogP contribution in [0.25, 0.3) is 63.7 Å².